The summed E-state index contributed by atoms with van der Waals surface area (Å²) in [5.74, 6) is 1.62. The Balaban J connectivity index is 1.32. The van der Waals surface area contributed by atoms with E-state index in [4.69, 9.17) is 14.2 Å². The van der Waals surface area contributed by atoms with E-state index in [1.54, 1.807) is 0 Å². The van der Waals surface area contributed by atoms with Crippen molar-refractivity contribution in [1.82, 2.24) is 0 Å². The van der Waals surface area contributed by atoms with Gasteiger partial charge < -0.3 is 24.2 Å². The highest BCUT2D eigenvalue weighted by Crippen LogP contribution is 2.58. The van der Waals surface area contributed by atoms with Crippen LogP contribution in [0.3, 0.4) is 0 Å². The number of aliphatic hydroxyl groups is 1. The Morgan fingerprint density at radius 1 is 0.800 bits per heavy atom. The van der Waals surface area contributed by atoms with Gasteiger partial charge in [0.1, 0.15) is 18.1 Å². The van der Waals surface area contributed by atoms with Crippen molar-refractivity contribution in [2.24, 2.45) is 0 Å². The Morgan fingerprint density at radius 2 is 1.47 bits per heavy atom. The maximum absolute atomic E-state index is 9.27. The molecule has 0 radical (unpaired) electrons. The smallest absolute Gasteiger partial charge is 0.178 e. The summed E-state index contributed by atoms with van der Waals surface area (Å²) in [5, 5.41) is 11.6. The van der Waals surface area contributed by atoms with Gasteiger partial charge in [0, 0.05) is 46.3 Å². The fraction of sp³-hybridized carbons (Fsp3) is 0.250. The quantitative estimate of drug-likeness (QED) is 0.218. The molecule has 5 nitrogen and oxygen atoms in total. The van der Waals surface area contributed by atoms with Crippen LogP contribution in [-0.4, -0.2) is 44.6 Å². The van der Waals surface area contributed by atoms with E-state index in [0.717, 1.165) is 54.1 Å². The molecule has 45 heavy (non-hydrogen) atoms. The van der Waals surface area contributed by atoms with Crippen molar-refractivity contribution < 1.29 is 19.3 Å². The first kappa shape index (κ1) is 27.9. The topological polar surface area (TPSA) is 51.2 Å². The van der Waals surface area contributed by atoms with Crippen LogP contribution >= 0.6 is 0 Å². The van der Waals surface area contributed by atoms with Crippen LogP contribution in [0.15, 0.2) is 103 Å². The third kappa shape index (κ3) is 4.37. The number of morpholine rings is 1. The van der Waals surface area contributed by atoms with Gasteiger partial charge in [0.2, 0.25) is 0 Å². The molecule has 226 valence electrons. The molecule has 5 aromatic carbocycles. The van der Waals surface area contributed by atoms with Crippen molar-refractivity contribution in [2.45, 2.75) is 24.9 Å². The number of ether oxygens (including phenoxy) is 3. The zero-order chi connectivity index (χ0) is 30.6. The van der Waals surface area contributed by atoms with E-state index in [2.05, 4.69) is 116 Å². The first-order valence-electron chi connectivity index (χ1n) is 15.9. The molecule has 0 amide bonds. The lowest BCUT2D eigenvalue weighted by Gasteiger charge is -2.39. The van der Waals surface area contributed by atoms with E-state index in [1.165, 1.54) is 33.3 Å². The third-order valence-electron chi connectivity index (χ3n) is 9.76. The Hall–Kier alpha value is -4.58. The summed E-state index contributed by atoms with van der Waals surface area (Å²) in [7, 11) is 0. The number of nitrogens with zero attached hydrogens (tertiary/aromatic N) is 1. The molecule has 3 aliphatic rings. The lowest BCUT2D eigenvalue weighted by molar-refractivity contribution is 0.122. The average Bonchev–Trinajstić information content (AvgIpc) is 3.35. The Labute approximate surface area is 264 Å². The van der Waals surface area contributed by atoms with Gasteiger partial charge in [-0.2, -0.15) is 0 Å². The number of hydrogen-bond donors (Lipinski definition) is 1. The lowest BCUT2D eigenvalue weighted by atomic mass is 9.77. The standard InChI is InChI=1S/C40H37NO4/c1-39(2)35-10-6-5-9-33(35)36-31-7-3-4-8-32(31)38-34(37(36)39)19-20-40(45-38,28-13-17-30(18-14-28)44-26-23-42)27-11-15-29(16-12-27)41-21-24-43-25-22-41/h3-20,42H,21-26H2,1-2H3. The largest absolute Gasteiger partial charge is 0.491 e. The summed E-state index contributed by atoms with van der Waals surface area (Å²) in [6, 6.07) is 34.4. The predicted octanol–water partition coefficient (Wildman–Crippen LogP) is 7.70. The van der Waals surface area contributed by atoms with E-state index in [9.17, 15) is 5.11 Å². The van der Waals surface area contributed by atoms with Gasteiger partial charge in [-0.3, -0.25) is 0 Å². The summed E-state index contributed by atoms with van der Waals surface area (Å²) >= 11 is 0. The molecule has 8 rings (SSSR count). The van der Waals surface area contributed by atoms with Crippen molar-refractivity contribution in [1.29, 1.82) is 0 Å². The first-order valence-corrected chi connectivity index (χ1v) is 15.9. The zero-order valence-corrected chi connectivity index (χ0v) is 25.8. The lowest BCUT2D eigenvalue weighted by Crippen LogP contribution is -2.37. The predicted molar refractivity (Wildman–Crippen MR) is 180 cm³/mol. The number of anilines is 1. The fourth-order valence-corrected chi connectivity index (χ4v) is 7.58. The van der Waals surface area contributed by atoms with Crippen molar-refractivity contribution in [3.05, 3.63) is 131 Å². The van der Waals surface area contributed by atoms with Gasteiger partial charge in [-0.1, -0.05) is 92.7 Å². The van der Waals surface area contributed by atoms with Crippen LogP contribution in [0.25, 0.3) is 28.0 Å². The summed E-state index contributed by atoms with van der Waals surface area (Å²) in [6.07, 6.45) is 4.53. The van der Waals surface area contributed by atoms with E-state index < -0.39 is 5.60 Å². The highest BCUT2D eigenvalue weighted by atomic mass is 16.5. The molecule has 0 spiro atoms. The number of rotatable bonds is 6. The van der Waals surface area contributed by atoms with Crippen molar-refractivity contribution in [2.75, 3.05) is 44.4 Å². The van der Waals surface area contributed by atoms with Crippen LogP contribution in [0, 0.1) is 0 Å². The second-order valence-electron chi connectivity index (χ2n) is 12.6. The Bertz CT molecular complexity index is 1920. The fourth-order valence-electron chi connectivity index (χ4n) is 7.58. The van der Waals surface area contributed by atoms with Gasteiger partial charge in [-0.05, 0) is 58.0 Å². The minimum Gasteiger partial charge on any atom is -0.491 e. The monoisotopic (exact) mass is 595 g/mol. The molecule has 2 heterocycles. The number of benzene rings is 5. The first-order chi connectivity index (χ1) is 22.0. The van der Waals surface area contributed by atoms with Crippen LogP contribution in [0.1, 0.15) is 41.7 Å². The van der Waals surface area contributed by atoms with E-state index >= 15 is 0 Å². The van der Waals surface area contributed by atoms with Gasteiger partial charge in [0.25, 0.3) is 0 Å². The molecular formula is C40H37NO4. The van der Waals surface area contributed by atoms with Crippen molar-refractivity contribution in [3.63, 3.8) is 0 Å². The Kier molecular flexibility index (Phi) is 6.70. The number of fused-ring (bicyclic) bond motifs is 8. The van der Waals surface area contributed by atoms with Gasteiger partial charge in [0.05, 0.1) is 19.8 Å². The van der Waals surface area contributed by atoms with E-state index in [0.29, 0.717) is 5.75 Å². The van der Waals surface area contributed by atoms with Gasteiger partial charge >= 0.3 is 0 Å². The molecule has 1 atom stereocenters. The summed E-state index contributed by atoms with van der Waals surface area (Å²) in [6.45, 7) is 8.16. The molecule has 0 aromatic heterocycles. The van der Waals surface area contributed by atoms with Crippen LogP contribution in [0.4, 0.5) is 5.69 Å². The zero-order valence-electron chi connectivity index (χ0n) is 25.8. The van der Waals surface area contributed by atoms with Crippen LogP contribution in [0.5, 0.6) is 11.5 Å². The van der Waals surface area contributed by atoms with Crippen molar-refractivity contribution in [3.8, 4) is 22.6 Å². The molecule has 0 bridgehead atoms. The third-order valence-corrected chi connectivity index (χ3v) is 9.76. The average molecular weight is 596 g/mol. The van der Waals surface area contributed by atoms with Crippen LogP contribution < -0.4 is 14.4 Å². The van der Waals surface area contributed by atoms with E-state index in [-0.39, 0.29) is 18.6 Å². The molecule has 1 aliphatic carbocycles. The molecule has 1 fully saturated rings. The second kappa shape index (κ2) is 10.8. The highest BCUT2D eigenvalue weighted by Gasteiger charge is 2.44. The molecule has 1 N–H and O–H groups in total. The van der Waals surface area contributed by atoms with Crippen molar-refractivity contribution >= 4 is 22.5 Å². The normalized spacial score (nSPS) is 19.5. The molecular weight excluding hydrogens is 558 g/mol. The molecule has 5 heteroatoms. The molecule has 1 unspecified atom stereocenters. The van der Waals surface area contributed by atoms with Crippen LogP contribution in [0.2, 0.25) is 0 Å². The minimum absolute atomic E-state index is 0.0264. The number of hydrogen-bond acceptors (Lipinski definition) is 5. The maximum atomic E-state index is 9.27. The molecule has 2 aliphatic heterocycles. The molecule has 5 aromatic rings. The van der Waals surface area contributed by atoms with Gasteiger partial charge in [-0.15, -0.1) is 0 Å². The van der Waals surface area contributed by atoms with Crippen LogP contribution in [-0.2, 0) is 15.8 Å². The summed E-state index contributed by atoms with van der Waals surface area (Å²) in [4.78, 5) is 2.37. The number of aliphatic hydroxyl groups excluding tert-OH is 1. The summed E-state index contributed by atoms with van der Waals surface area (Å²) < 4.78 is 18.7. The second-order valence-corrected chi connectivity index (χ2v) is 12.6. The van der Waals surface area contributed by atoms with Gasteiger partial charge in [-0.25, -0.2) is 0 Å². The summed E-state index contributed by atoms with van der Waals surface area (Å²) in [5.41, 5.74) is 8.63. The van der Waals surface area contributed by atoms with E-state index in [1.807, 2.05) is 12.1 Å². The molecule has 0 saturated carbocycles. The SMILES string of the molecule is CC1(C)c2ccccc2-c2c1c1c(c3ccccc23)OC(c2ccc(OCCO)cc2)(c2ccc(N3CCOCC3)cc2)C=C1. The Morgan fingerprint density at radius 3 is 2.20 bits per heavy atom. The minimum atomic E-state index is -0.862. The highest BCUT2D eigenvalue weighted by molar-refractivity contribution is 6.08. The maximum Gasteiger partial charge on any atom is 0.178 e. The van der Waals surface area contributed by atoms with Gasteiger partial charge in [0.15, 0.2) is 5.60 Å². The molecule has 1 saturated heterocycles.